The summed E-state index contributed by atoms with van der Waals surface area (Å²) in [6.07, 6.45) is 1.54. The van der Waals surface area contributed by atoms with E-state index in [9.17, 15) is 4.79 Å². The molecular formula is C13H16N2O2S2. The zero-order valence-corrected chi connectivity index (χ0v) is 12.1. The Bertz CT molecular complexity index is 509. The van der Waals surface area contributed by atoms with Gasteiger partial charge in [-0.15, -0.1) is 11.3 Å². The van der Waals surface area contributed by atoms with Crippen LogP contribution in [0.15, 0.2) is 28.6 Å². The molecule has 0 bridgehead atoms. The molecule has 0 aliphatic carbocycles. The van der Waals surface area contributed by atoms with Crippen molar-refractivity contribution in [2.75, 3.05) is 18.9 Å². The van der Waals surface area contributed by atoms with Gasteiger partial charge in [0.05, 0.1) is 16.0 Å². The van der Waals surface area contributed by atoms with Crippen LogP contribution in [-0.2, 0) is 4.79 Å². The molecule has 0 saturated heterocycles. The molecule has 0 aliphatic heterocycles. The summed E-state index contributed by atoms with van der Waals surface area (Å²) in [5.41, 5.74) is 0.985. The lowest BCUT2D eigenvalue weighted by atomic mass is 10.3. The number of para-hydroxylation sites is 1. The molecule has 1 aromatic heterocycles. The first-order valence-corrected chi connectivity index (χ1v) is 7.96. The molecule has 2 aromatic rings. The van der Waals surface area contributed by atoms with Gasteiger partial charge in [0.25, 0.3) is 0 Å². The first-order chi connectivity index (χ1) is 9.29. The second kappa shape index (κ2) is 7.47. The van der Waals surface area contributed by atoms with Gasteiger partial charge in [0.15, 0.2) is 4.34 Å². The first kappa shape index (κ1) is 14.3. The van der Waals surface area contributed by atoms with E-state index in [4.69, 9.17) is 5.11 Å². The van der Waals surface area contributed by atoms with Gasteiger partial charge in [0.1, 0.15) is 0 Å². The van der Waals surface area contributed by atoms with E-state index in [0.29, 0.717) is 12.3 Å². The zero-order chi connectivity index (χ0) is 13.5. The highest BCUT2D eigenvalue weighted by molar-refractivity contribution is 8.01. The molecule has 0 fully saturated rings. The molecule has 1 heterocycles. The average molecular weight is 296 g/mol. The first-order valence-electron chi connectivity index (χ1n) is 6.15. The molecule has 2 N–H and O–H groups in total. The average Bonchev–Trinajstić information content (AvgIpc) is 2.84. The minimum absolute atomic E-state index is 0.0159. The van der Waals surface area contributed by atoms with Crippen molar-refractivity contribution in [3.63, 3.8) is 0 Å². The molecule has 0 radical (unpaired) electrons. The number of aliphatic hydroxyl groups is 1. The normalized spacial score (nSPS) is 10.8. The molecule has 0 spiro atoms. The summed E-state index contributed by atoms with van der Waals surface area (Å²) >= 11 is 3.07. The molecule has 0 aliphatic rings. The van der Waals surface area contributed by atoms with Crippen molar-refractivity contribution in [1.82, 2.24) is 10.3 Å². The summed E-state index contributed by atoms with van der Waals surface area (Å²) in [6, 6.07) is 7.96. The van der Waals surface area contributed by atoms with Gasteiger partial charge in [-0.1, -0.05) is 23.9 Å². The lowest BCUT2D eigenvalue weighted by Gasteiger charge is -2.02. The van der Waals surface area contributed by atoms with Crippen LogP contribution in [0.2, 0.25) is 0 Å². The maximum atomic E-state index is 11.6. The Hall–Kier alpha value is -1.11. The Labute approximate surface area is 120 Å². The molecule has 1 aromatic carbocycles. The summed E-state index contributed by atoms with van der Waals surface area (Å²) in [5, 5.41) is 11.5. The number of nitrogens with one attached hydrogen (secondary N) is 1. The Kier molecular flexibility index (Phi) is 5.62. The van der Waals surface area contributed by atoms with Crippen molar-refractivity contribution in [3.8, 4) is 0 Å². The maximum Gasteiger partial charge on any atom is 0.230 e. The monoisotopic (exact) mass is 296 g/mol. The summed E-state index contributed by atoms with van der Waals surface area (Å²) < 4.78 is 2.07. The molecule has 1 amide bonds. The Morgan fingerprint density at radius 1 is 1.37 bits per heavy atom. The molecule has 0 atom stereocenters. The van der Waals surface area contributed by atoms with Crippen LogP contribution in [0.25, 0.3) is 10.2 Å². The Morgan fingerprint density at radius 3 is 3.00 bits per heavy atom. The largest absolute Gasteiger partial charge is 0.396 e. The fourth-order valence-corrected chi connectivity index (χ4v) is 3.45. The number of fused-ring (bicyclic) bond motifs is 1. The maximum absolute atomic E-state index is 11.6. The summed E-state index contributed by atoms with van der Waals surface area (Å²) in [4.78, 5) is 16.0. The zero-order valence-electron chi connectivity index (χ0n) is 10.5. The molecule has 4 nitrogen and oxygen atoms in total. The van der Waals surface area contributed by atoms with Crippen LogP contribution in [0.5, 0.6) is 0 Å². The van der Waals surface area contributed by atoms with Crippen LogP contribution in [0.3, 0.4) is 0 Å². The van der Waals surface area contributed by atoms with Crippen molar-refractivity contribution in [2.45, 2.75) is 17.2 Å². The molecule has 0 saturated carbocycles. The standard InChI is InChI=1S/C13H16N2O2S2/c16-8-4-3-7-14-12(17)9-18-13-15-10-5-1-2-6-11(10)19-13/h1-2,5-6,16H,3-4,7-9H2,(H,14,17). The number of aromatic nitrogens is 1. The number of rotatable bonds is 7. The van der Waals surface area contributed by atoms with E-state index in [-0.39, 0.29) is 12.5 Å². The van der Waals surface area contributed by atoms with E-state index in [1.807, 2.05) is 24.3 Å². The lowest BCUT2D eigenvalue weighted by Crippen LogP contribution is -2.26. The van der Waals surface area contributed by atoms with Crippen LogP contribution in [0.4, 0.5) is 0 Å². The van der Waals surface area contributed by atoms with E-state index < -0.39 is 0 Å². The molecular weight excluding hydrogens is 280 g/mol. The van der Waals surface area contributed by atoms with E-state index in [1.165, 1.54) is 11.8 Å². The molecule has 19 heavy (non-hydrogen) atoms. The number of thiazole rings is 1. The van der Waals surface area contributed by atoms with Gasteiger partial charge in [-0.05, 0) is 25.0 Å². The highest BCUT2D eigenvalue weighted by atomic mass is 32.2. The quantitative estimate of drug-likeness (QED) is 0.608. The number of hydrogen-bond donors (Lipinski definition) is 2. The second-order valence-corrected chi connectivity index (χ2v) is 6.27. The number of benzene rings is 1. The predicted molar refractivity (Wildman–Crippen MR) is 79.7 cm³/mol. The minimum Gasteiger partial charge on any atom is -0.396 e. The number of amides is 1. The summed E-state index contributed by atoms with van der Waals surface area (Å²) in [6.45, 7) is 0.802. The third-order valence-electron chi connectivity index (χ3n) is 2.51. The number of hydrogen-bond acceptors (Lipinski definition) is 5. The summed E-state index contributed by atoms with van der Waals surface area (Å²) in [7, 11) is 0. The number of unbranched alkanes of at least 4 members (excludes halogenated alkanes) is 1. The topological polar surface area (TPSA) is 62.2 Å². The van der Waals surface area contributed by atoms with Gasteiger partial charge in [-0.2, -0.15) is 0 Å². The number of carbonyl (C=O) groups excluding carboxylic acids is 1. The highest BCUT2D eigenvalue weighted by Gasteiger charge is 2.06. The van der Waals surface area contributed by atoms with Crippen LogP contribution in [0, 0.1) is 0 Å². The van der Waals surface area contributed by atoms with Gasteiger partial charge < -0.3 is 10.4 Å². The van der Waals surface area contributed by atoms with Crippen LogP contribution < -0.4 is 5.32 Å². The van der Waals surface area contributed by atoms with E-state index in [2.05, 4.69) is 10.3 Å². The van der Waals surface area contributed by atoms with Crippen molar-refractivity contribution in [3.05, 3.63) is 24.3 Å². The molecule has 0 unspecified atom stereocenters. The third kappa shape index (κ3) is 4.49. The molecule has 2 rings (SSSR count). The van der Waals surface area contributed by atoms with Crippen molar-refractivity contribution in [2.24, 2.45) is 0 Å². The number of thioether (sulfide) groups is 1. The lowest BCUT2D eigenvalue weighted by molar-refractivity contribution is -0.118. The third-order valence-corrected chi connectivity index (χ3v) is 4.69. The predicted octanol–water partition coefficient (Wildman–Crippen LogP) is 2.28. The van der Waals surface area contributed by atoms with Gasteiger partial charge in [0.2, 0.25) is 5.91 Å². The highest BCUT2D eigenvalue weighted by Crippen LogP contribution is 2.28. The molecule has 102 valence electrons. The Morgan fingerprint density at radius 2 is 2.21 bits per heavy atom. The van der Waals surface area contributed by atoms with E-state index in [0.717, 1.165) is 27.4 Å². The fourth-order valence-electron chi connectivity index (χ4n) is 1.56. The van der Waals surface area contributed by atoms with Gasteiger partial charge >= 0.3 is 0 Å². The Balaban J connectivity index is 1.77. The van der Waals surface area contributed by atoms with Gasteiger partial charge in [-0.3, -0.25) is 4.79 Å². The molecule has 6 heteroatoms. The van der Waals surface area contributed by atoms with Gasteiger partial charge in [0, 0.05) is 13.2 Å². The van der Waals surface area contributed by atoms with Crippen LogP contribution in [-0.4, -0.2) is 34.9 Å². The fraction of sp³-hybridized carbons (Fsp3) is 0.385. The minimum atomic E-state index is 0.0159. The van der Waals surface area contributed by atoms with E-state index in [1.54, 1.807) is 11.3 Å². The van der Waals surface area contributed by atoms with Crippen molar-refractivity contribution < 1.29 is 9.90 Å². The smallest absolute Gasteiger partial charge is 0.230 e. The van der Waals surface area contributed by atoms with E-state index >= 15 is 0 Å². The van der Waals surface area contributed by atoms with Gasteiger partial charge in [-0.25, -0.2) is 4.98 Å². The number of carbonyl (C=O) groups is 1. The van der Waals surface area contributed by atoms with Crippen LogP contribution >= 0.6 is 23.1 Å². The second-order valence-electron chi connectivity index (χ2n) is 4.02. The van der Waals surface area contributed by atoms with Crippen molar-refractivity contribution in [1.29, 1.82) is 0 Å². The number of aliphatic hydroxyl groups excluding tert-OH is 1. The summed E-state index contributed by atoms with van der Waals surface area (Å²) in [5.74, 6) is 0.404. The van der Waals surface area contributed by atoms with Crippen molar-refractivity contribution >= 4 is 39.2 Å². The SMILES string of the molecule is O=C(CSc1nc2ccccc2s1)NCCCCO. The number of nitrogens with zero attached hydrogens (tertiary/aromatic N) is 1. The van der Waals surface area contributed by atoms with Crippen LogP contribution in [0.1, 0.15) is 12.8 Å².